The molecular weight excluding hydrogens is 156 g/mol. The Morgan fingerprint density at radius 1 is 1.58 bits per heavy atom. The number of rotatable bonds is 0. The van der Waals surface area contributed by atoms with Crippen LogP contribution in [0.1, 0.15) is 25.7 Å². The van der Waals surface area contributed by atoms with Gasteiger partial charge in [-0.15, -0.1) is 0 Å². The minimum Gasteiger partial charge on any atom is -0.449 e. The molecule has 0 saturated heterocycles. The molecule has 66 valence electrons. The molecule has 2 unspecified atom stereocenters. The average molecular weight is 168 g/mol. The predicted octanol–water partition coefficient (Wildman–Crippen LogP) is 0.773. The van der Waals surface area contributed by atoms with E-state index in [-0.39, 0.29) is 5.97 Å². The topological polar surface area (TPSA) is 46.5 Å². The van der Waals surface area contributed by atoms with Crippen LogP contribution in [0.4, 0.5) is 0 Å². The van der Waals surface area contributed by atoms with Gasteiger partial charge in [0, 0.05) is 6.08 Å². The molecule has 1 aliphatic heterocycles. The van der Waals surface area contributed by atoms with Gasteiger partial charge in [-0.3, -0.25) is 0 Å². The molecule has 1 fully saturated rings. The lowest BCUT2D eigenvalue weighted by Crippen LogP contribution is -2.44. The lowest BCUT2D eigenvalue weighted by Gasteiger charge is -2.35. The van der Waals surface area contributed by atoms with Gasteiger partial charge in [-0.1, -0.05) is 6.42 Å². The first kappa shape index (κ1) is 7.80. The van der Waals surface area contributed by atoms with Crippen molar-refractivity contribution in [3.8, 4) is 0 Å². The second-order valence-corrected chi connectivity index (χ2v) is 3.47. The number of ether oxygens (including phenoxy) is 1. The summed E-state index contributed by atoms with van der Waals surface area (Å²) in [5.41, 5.74) is -0.671. The number of esters is 1. The van der Waals surface area contributed by atoms with Crippen LogP contribution in [0.3, 0.4) is 0 Å². The van der Waals surface area contributed by atoms with Crippen LogP contribution in [-0.4, -0.2) is 22.8 Å². The van der Waals surface area contributed by atoms with Crippen LogP contribution in [0.25, 0.3) is 0 Å². The van der Waals surface area contributed by atoms with E-state index in [1.165, 1.54) is 6.08 Å². The maximum absolute atomic E-state index is 10.8. The largest absolute Gasteiger partial charge is 0.449 e. The van der Waals surface area contributed by atoms with Crippen LogP contribution in [0.5, 0.6) is 0 Å². The first-order valence-corrected chi connectivity index (χ1v) is 4.33. The molecular formula is C9H12O3. The van der Waals surface area contributed by atoms with Crippen molar-refractivity contribution in [1.82, 2.24) is 0 Å². The minimum absolute atomic E-state index is 0.323. The molecule has 2 rings (SSSR count). The van der Waals surface area contributed by atoms with E-state index < -0.39 is 11.7 Å². The summed E-state index contributed by atoms with van der Waals surface area (Å²) in [4.78, 5) is 10.8. The van der Waals surface area contributed by atoms with Crippen LogP contribution in [0.2, 0.25) is 0 Å². The fraction of sp³-hybridized carbons (Fsp3) is 0.667. The highest BCUT2D eigenvalue weighted by Crippen LogP contribution is 2.36. The van der Waals surface area contributed by atoms with Crippen LogP contribution in [0, 0.1) is 0 Å². The number of hydrogen-bond donors (Lipinski definition) is 1. The van der Waals surface area contributed by atoms with Crippen molar-refractivity contribution in [3.05, 3.63) is 12.2 Å². The van der Waals surface area contributed by atoms with E-state index >= 15 is 0 Å². The summed E-state index contributed by atoms with van der Waals surface area (Å²) in [6, 6.07) is 0. The van der Waals surface area contributed by atoms with Crippen LogP contribution in [0.15, 0.2) is 12.2 Å². The third kappa shape index (κ3) is 1.05. The minimum atomic E-state index is -0.671. The molecule has 0 aromatic rings. The normalized spacial score (nSPS) is 40.4. The lowest BCUT2D eigenvalue weighted by atomic mass is 9.82. The van der Waals surface area contributed by atoms with Crippen molar-refractivity contribution >= 4 is 5.97 Å². The Labute approximate surface area is 71.0 Å². The van der Waals surface area contributed by atoms with Gasteiger partial charge in [-0.2, -0.15) is 0 Å². The highest BCUT2D eigenvalue weighted by atomic mass is 16.6. The van der Waals surface area contributed by atoms with Crippen molar-refractivity contribution in [2.75, 3.05) is 0 Å². The fourth-order valence-electron chi connectivity index (χ4n) is 1.93. The fourth-order valence-corrected chi connectivity index (χ4v) is 1.93. The molecule has 3 heteroatoms. The van der Waals surface area contributed by atoms with Crippen molar-refractivity contribution in [2.24, 2.45) is 0 Å². The maximum Gasteiger partial charge on any atom is 0.331 e. The average Bonchev–Trinajstić information content (AvgIpc) is 2.41. The van der Waals surface area contributed by atoms with Crippen molar-refractivity contribution in [3.63, 3.8) is 0 Å². The summed E-state index contributed by atoms with van der Waals surface area (Å²) >= 11 is 0. The summed E-state index contributed by atoms with van der Waals surface area (Å²) in [5, 5.41) is 9.65. The Bertz CT molecular complexity index is 234. The molecule has 2 atom stereocenters. The van der Waals surface area contributed by atoms with Crippen LogP contribution < -0.4 is 0 Å². The third-order valence-electron chi connectivity index (χ3n) is 2.65. The van der Waals surface area contributed by atoms with E-state index in [0.717, 1.165) is 25.7 Å². The van der Waals surface area contributed by atoms with Gasteiger partial charge in [0.05, 0.1) is 6.10 Å². The summed E-state index contributed by atoms with van der Waals surface area (Å²) in [6.07, 6.45) is 6.15. The standard InChI is InChI=1S/C9H12O3/c10-7-3-1-2-5-9(7)6-4-8(11)12-9/h4,6-7,10H,1-3,5H2. The number of hydrogen-bond acceptors (Lipinski definition) is 3. The molecule has 1 spiro atoms. The molecule has 3 nitrogen and oxygen atoms in total. The monoisotopic (exact) mass is 168 g/mol. The predicted molar refractivity (Wildman–Crippen MR) is 42.4 cm³/mol. The summed E-state index contributed by atoms with van der Waals surface area (Å²) < 4.78 is 5.10. The van der Waals surface area contributed by atoms with Gasteiger partial charge < -0.3 is 9.84 Å². The molecule has 0 aromatic carbocycles. The Balaban J connectivity index is 2.19. The smallest absolute Gasteiger partial charge is 0.331 e. The number of aliphatic hydroxyl groups is 1. The Morgan fingerprint density at radius 3 is 3.00 bits per heavy atom. The molecule has 2 aliphatic rings. The van der Waals surface area contributed by atoms with E-state index in [1.807, 2.05) is 0 Å². The number of carbonyl (C=O) groups excluding carboxylic acids is 1. The van der Waals surface area contributed by atoms with E-state index in [0.29, 0.717) is 0 Å². The van der Waals surface area contributed by atoms with Gasteiger partial charge in [-0.05, 0) is 25.3 Å². The molecule has 0 radical (unpaired) electrons. The third-order valence-corrected chi connectivity index (χ3v) is 2.65. The quantitative estimate of drug-likeness (QED) is 0.543. The van der Waals surface area contributed by atoms with Crippen molar-refractivity contribution in [2.45, 2.75) is 37.4 Å². The zero-order valence-corrected chi connectivity index (χ0v) is 6.82. The van der Waals surface area contributed by atoms with Gasteiger partial charge in [-0.25, -0.2) is 4.79 Å². The summed E-state index contributed by atoms with van der Waals surface area (Å²) in [7, 11) is 0. The summed E-state index contributed by atoms with van der Waals surface area (Å²) in [5.74, 6) is -0.323. The second-order valence-electron chi connectivity index (χ2n) is 3.47. The molecule has 0 aromatic heterocycles. The molecule has 1 aliphatic carbocycles. The van der Waals surface area contributed by atoms with Gasteiger partial charge in [0.25, 0.3) is 0 Å². The molecule has 1 N–H and O–H groups in total. The van der Waals surface area contributed by atoms with E-state index in [2.05, 4.69) is 0 Å². The lowest BCUT2D eigenvalue weighted by molar-refractivity contribution is -0.158. The van der Waals surface area contributed by atoms with Gasteiger partial charge in [0.1, 0.15) is 0 Å². The van der Waals surface area contributed by atoms with E-state index in [1.54, 1.807) is 6.08 Å². The number of aliphatic hydroxyl groups excluding tert-OH is 1. The van der Waals surface area contributed by atoms with E-state index in [4.69, 9.17) is 4.74 Å². The Kier molecular flexibility index (Phi) is 1.68. The molecule has 0 amide bonds. The summed E-state index contributed by atoms with van der Waals surface area (Å²) in [6.45, 7) is 0. The maximum atomic E-state index is 10.8. The molecule has 1 heterocycles. The van der Waals surface area contributed by atoms with Gasteiger partial charge >= 0.3 is 5.97 Å². The zero-order valence-electron chi connectivity index (χ0n) is 6.82. The highest BCUT2D eigenvalue weighted by molar-refractivity contribution is 5.85. The highest BCUT2D eigenvalue weighted by Gasteiger charge is 2.43. The second kappa shape index (κ2) is 2.59. The number of carbonyl (C=O) groups is 1. The van der Waals surface area contributed by atoms with Crippen LogP contribution in [-0.2, 0) is 9.53 Å². The zero-order chi connectivity index (χ0) is 8.60. The van der Waals surface area contributed by atoms with Crippen LogP contribution >= 0.6 is 0 Å². The van der Waals surface area contributed by atoms with Crippen molar-refractivity contribution in [1.29, 1.82) is 0 Å². The Morgan fingerprint density at radius 2 is 2.42 bits per heavy atom. The first-order valence-electron chi connectivity index (χ1n) is 4.33. The first-order chi connectivity index (χ1) is 5.73. The molecule has 1 saturated carbocycles. The SMILES string of the molecule is O=C1C=CC2(CCCCC2O)O1. The van der Waals surface area contributed by atoms with Gasteiger partial charge in [0.15, 0.2) is 5.60 Å². The Hall–Kier alpha value is -0.830. The van der Waals surface area contributed by atoms with E-state index in [9.17, 15) is 9.90 Å². The van der Waals surface area contributed by atoms with Gasteiger partial charge in [0.2, 0.25) is 0 Å². The molecule has 12 heavy (non-hydrogen) atoms. The van der Waals surface area contributed by atoms with Crippen molar-refractivity contribution < 1.29 is 14.6 Å². The molecule has 0 bridgehead atoms.